The molecule has 1 aromatic rings. The third-order valence-corrected chi connectivity index (χ3v) is 3.72. The monoisotopic (exact) mass is 316 g/mol. The molecule has 0 radical (unpaired) electrons. The van der Waals surface area contributed by atoms with E-state index in [1.807, 2.05) is 0 Å². The lowest BCUT2D eigenvalue weighted by Gasteiger charge is -2.21. The molecule has 6 heteroatoms. The fourth-order valence-electron chi connectivity index (χ4n) is 2.52. The van der Waals surface area contributed by atoms with Crippen molar-refractivity contribution in [3.63, 3.8) is 0 Å². The van der Waals surface area contributed by atoms with Gasteiger partial charge in [0.2, 0.25) is 5.91 Å². The molecule has 2 unspecified atom stereocenters. The van der Waals surface area contributed by atoms with Gasteiger partial charge in [0.05, 0.1) is 6.54 Å². The van der Waals surface area contributed by atoms with Crippen LogP contribution in [0.25, 0.3) is 0 Å². The van der Waals surface area contributed by atoms with Crippen molar-refractivity contribution in [2.45, 2.75) is 25.3 Å². The van der Waals surface area contributed by atoms with Crippen LogP contribution in [0, 0.1) is 11.7 Å². The van der Waals surface area contributed by atoms with Crippen molar-refractivity contribution in [1.29, 1.82) is 0 Å². The number of halogens is 2. The van der Waals surface area contributed by atoms with Crippen LogP contribution in [0.2, 0.25) is 0 Å². The van der Waals surface area contributed by atoms with E-state index >= 15 is 0 Å². The molecule has 0 aromatic heterocycles. The van der Waals surface area contributed by atoms with Gasteiger partial charge in [-0.1, -0.05) is 12.1 Å². The molecule has 0 heterocycles. The van der Waals surface area contributed by atoms with E-state index in [4.69, 9.17) is 10.5 Å². The van der Waals surface area contributed by atoms with Crippen molar-refractivity contribution in [3.8, 4) is 5.75 Å². The smallest absolute Gasteiger partial charge is 0.225 e. The number of benzene rings is 1. The Balaban J connectivity index is 0.00000220. The van der Waals surface area contributed by atoms with Crippen molar-refractivity contribution >= 4 is 18.3 Å². The summed E-state index contributed by atoms with van der Waals surface area (Å²) < 4.78 is 18.7. The van der Waals surface area contributed by atoms with Crippen LogP contribution in [-0.2, 0) is 4.79 Å². The molecule has 2 atom stereocenters. The molecule has 1 saturated carbocycles. The third kappa shape index (κ3) is 4.86. The number of para-hydroxylation sites is 1. The minimum Gasteiger partial charge on any atom is -0.489 e. The van der Waals surface area contributed by atoms with Crippen molar-refractivity contribution < 1.29 is 13.9 Å². The number of likely N-dealkylation sites (N-methyl/N-ethyl adjacent to an activating group) is 1. The van der Waals surface area contributed by atoms with Crippen LogP contribution in [0.3, 0.4) is 0 Å². The summed E-state index contributed by atoms with van der Waals surface area (Å²) in [5.41, 5.74) is 5.82. The normalized spacial score (nSPS) is 20.7. The zero-order valence-corrected chi connectivity index (χ0v) is 12.9. The molecule has 1 fully saturated rings. The van der Waals surface area contributed by atoms with Crippen LogP contribution < -0.4 is 10.5 Å². The number of ether oxygens (including phenoxy) is 1. The first kappa shape index (κ1) is 17.7. The van der Waals surface area contributed by atoms with Gasteiger partial charge in [-0.3, -0.25) is 4.79 Å². The Morgan fingerprint density at radius 2 is 2.14 bits per heavy atom. The van der Waals surface area contributed by atoms with E-state index in [9.17, 15) is 9.18 Å². The molecule has 21 heavy (non-hydrogen) atoms. The molecule has 0 saturated heterocycles. The summed E-state index contributed by atoms with van der Waals surface area (Å²) in [6, 6.07) is 6.40. The maximum Gasteiger partial charge on any atom is 0.225 e. The van der Waals surface area contributed by atoms with E-state index in [-0.39, 0.29) is 48.4 Å². The molecule has 4 nitrogen and oxygen atoms in total. The van der Waals surface area contributed by atoms with Crippen molar-refractivity contribution in [2.24, 2.45) is 11.7 Å². The Morgan fingerprint density at radius 1 is 1.43 bits per heavy atom. The Hall–Kier alpha value is -1.33. The van der Waals surface area contributed by atoms with Crippen LogP contribution in [0.1, 0.15) is 19.3 Å². The summed E-state index contributed by atoms with van der Waals surface area (Å²) in [6.45, 7) is 0.723. The minimum atomic E-state index is -0.386. The van der Waals surface area contributed by atoms with E-state index in [0.29, 0.717) is 6.54 Å². The van der Waals surface area contributed by atoms with E-state index in [1.54, 1.807) is 30.1 Å². The fourth-order valence-corrected chi connectivity index (χ4v) is 2.52. The van der Waals surface area contributed by atoms with E-state index < -0.39 is 0 Å². The average Bonchev–Trinajstić information content (AvgIpc) is 2.86. The van der Waals surface area contributed by atoms with Crippen LogP contribution in [0.4, 0.5) is 4.39 Å². The average molecular weight is 317 g/mol. The van der Waals surface area contributed by atoms with Gasteiger partial charge < -0.3 is 15.4 Å². The van der Waals surface area contributed by atoms with Gasteiger partial charge in [-0.15, -0.1) is 12.4 Å². The SMILES string of the molecule is CN(CCOc1ccccc1F)C(=O)C1CCC(N)C1.Cl. The highest BCUT2D eigenvalue weighted by atomic mass is 35.5. The molecular weight excluding hydrogens is 295 g/mol. The summed E-state index contributed by atoms with van der Waals surface area (Å²) in [5.74, 6) is -0.0296. The molecule has 1 amide bonds. The second-order valence-electron chi connectivity index (χ2n) is 5.31. The number of hydrogen-bond donors (Lipinski definition) is 1. The van der Waals surface area contributed by atoms with E-state index in [1.165, 1.54) is 6.07 Å². The predicted octanol–water partition coefficient (Wildman–Crippen LogP) is 2.21. The molecular formula is C15H22ClFN2O2. The molecule has 1 aliphatic carbocycles. The van der Waals surface area contributed by atoms with Gasteiger partial charge in [0.15, 0.2) is 11.6 Å². The minimum absolute atomic E-state index is 0. The van der Waals surface area contributed by atoms with Crippen LogP contribution in [0.15, 0.2) is 24.3 Å². The van der Waals surface area contributed by atoms with Crippen LogP contribution in [0.5, 0.6) is 5.75 Å². The van der Waals surface area contributed by atoms with Crippen molar-refractivity contribution in [2.75, 3.05) is 20.2 Å². The molecule has 118 valence electrons. The fraction of sp³-hybridized carbons (Fsp3) is 0.533. The van der Waals surface area contributed by atoms with Gasteiger partial charge in [-0.25, -0.2) is 4.39 Å². The van der Waals surface area contributed by atoms with Gasteiger partial charge >= 0.3 is 0 Å². The molecule has 0 bridgehead atoms. The van der Waals surface area contributed by atoms with Gasteiger partial charge in [-0.05, 0) is 31.4 Å². The second kappa shape index (κ2) is 8.20. The Labute approximate surface area is 130 Å². The lowest BCUT2D eigenvalue weighted by molar-refractivity contribution is -0.134. The topological polar surface area (TPSA) is 55.6 Å². The Morgan fingerprint density at radius 3 is 2.76 bits per heavy atom. The number of carbonyl (C=O) groups is 1. The highest BCUT2D eigenvalue weighted by molar-refractivity contribution is 5.85. The first-order valence-corrected chi connectivity index (χ1v) is 6.96. The highest BCUT2D eigenvalue weighted by Gasteiger charge is 2.29. The maximum absolute atomic E-state index is 13.3. The number of nitrogens with zero attached hydrogens (tertiary/aromatic N) is 1. The highest BCUT2D eigenvalue weighted by Crippen LogP contribution is 2.25. The van der Waals surface area contributed by atoms with Gasteiger partial charge in [-0.2, -0.15) is 0 Å². The lowest BCUT2D eigenvalue weighted by Crippen LogP contribution is -2.35. The zero-order chi connectivity index (χ0) is 14.5. The summed E-state index contributed by atoms with van der Waals surface area (Å²) in [5, 5.41) is 0. The second-order valence-corrected chi connectivity index (χ2v) is 5.31. The predicted molar refractivity (Wildman–Crippen MR) is 82.1 cm³/mol. The number of amides is 1. The van der Waals surface area contributed by atoms with Gasteiger partial charge in [0.1, 0.15) is 6.61 Å². The molecule has 0 aliphatic heterocycles. The lowest BCUT2D eigenvalue weighted by atomic mass is 10.1. The molecule has 1 aromatic carbocycles. The zero-order valence-electron chi connectivity index (χ0n) is 12.1. The van der Waals surface area contributed by atoms with Gasteiger partial charge in [0.25, 0.3) is 0 Å². The quantitative estimate of drug-likeness (QED) is 0.906. The Bertz CT molecular complexity index is 473. The number of nitrogens with two attached hydrogens (primary N) is 1. The van der Waals surface area contributed by atoms with Crippen molar-refractivity contribution in [1.82, 2.24) is 4.90 Å². The van der Waals surface area contributed by atoms with Crippen molar-refractivity contribution in [3.05, 3.63) is 30.1 Å². The standard InChI is InChI=1S/C15H21FN2O2.ClH/c1-18(15(19)11-6-7-12(17)10-11)8-9-20-14-5-3-2-4-13(14)16;/h2-5,11-12H,6-10,17H2,1H3;1H. The summed E-state index contributed by atoms with van der Waals surface area (Å²) in [4.78, 5) is 13.8. The molecule has 1 aliphatic rings. The largest absolute Gasteiger partial charge is 0.489 e. The number of rotatable bonds is 5. The van der Waals surface area contributed by atoms with Crippen LogP contribution >= 0.6 is 12.4 Å². The summed E-state index contributed by atoms with van der Waals surface area (Å²) in [6.07, 6.45) is 2.53. The van der Waals surface area contributed by atoms with Gasteiger partial charge in [0, 0.05) is 19.0 Å². The van der Waals surface area contributed by atoms with E-state index in [2.05, 4.69) is 0 Å². The molecule has 2 rings (SSSR count). The first-order chi connectivity index (χ1) is 9.58. The number of carbonyl (C=O) groups excluding carboxylic acids is 1. The first-order valence-electron chi connectivity index (χ1n) is 6.96. The summed E-state index contributed by atoms with van der Waals surface area (Å²) >= 11 is 0. The van der Waals surface area contributed by atoms with Crippen LogP contribution in [-0.4, -0.2) is 37.0 Å². The van der Waals surface area contributed by atoms with E-state index in [0.717, 1.165) is 19.3 Å². The molecule has 2 N–H and O–H groups in total. The maximum atomic E-state index is 13.3. The summed E-state index contributed by atoms with van der Waals surface area (Å²) in [7, 11) is 1.75. The Kier molecular flexibility index (Phi) is 6.92. The third-order valence-electron chi connectivity index (χ3n) is 3.72. The molecule has 0 spiro atoms. The number of hydrogen-bond acceptors (Lipinski definition) is 3.